The second-order valence-corrected chi connectivity index (χ2v) is 6.03. The summed E-state index contributed by atoms with van der Waals surface area (Å²) >= 11 is 0. The van der Waals surface area contributed by atoms with Gasteiger partial charge in [-0.1, -0.05) is 0 Å². The van der Waals surface area contributed by atoms with Crippen molar-refractivity contribution in [3.05, 3.63) is 17.7 Å². The molecule has 0 amide bonds. The molecule has 1 aromatic carbocycles. The molecule has 2 N–H and O–H groups in total. The van der Waals surface area contributed by atoms with Crippen LogP contribution in [0.25, 0.3) is 0 Å². The predicted molar refractivity (Wildman–Crippen MR) is 87.7 cm³/mol. The number of ether oxygens (including phenoxy) is 3. The van der Waals surface area contributed by atoms with Gasteiger partial charge >= 0.3 is 0 Å². The van der Waals surface area contributed by atoms with Crippen LogP contribution in [0.1, 0.15) is 25.3 Å². The average molecular weight is 308 g/mol. The van der Waals surface area contributed by atoms with Crippen molar-refractivity contribution in [1.82, 2.24) is 4.90 Å². The molecule has 1 aliphatic rings. The number of nitrogens with two attached hydrogens (primary N) is 1. The summed E-state index contributed by atoms with van der Waals surface area (Å²) in [4.78, 5) is 2.46. The average Bonchev–Trinajstić information content (AvgIpc) is 2.54. The molecular formula is C17H28N2O3. The molecule has 1 aromatic rings. The number of hydrogen-bond donors (Lipinski definition) is 1. The molecule has 1 heterocycles. The zero-order chi connectivity index (χ0) is 16.1. The Bertz CT molecular complexity index is 466. The summed E-state index contributed by atoms with van der Waals surface area (Å²) in [6.07, 6.45) is 2.43. The van der Waals surface area contributed by atoms with Gasteiger partial charge in [0.15, 0.2) is 11.5 Å². The van der Waals surface area contributed by atoms with Gasteiger partial charge in [0.25, 0.3) is 0 Å². The Balaban J connectivity index is 2.15. The predicted octanol–water partition coefficient (Wildman–Crippen LogP) is 2.27. The zero-order valence-electron chi connectivity index (χ0n) is 14.1. The van der Waals surface area contributed by atoms with Crippen LogP contribution in [0.2, 0.25) is 0 Å². The van der Waals surface area contributed by atoms with Crippen LogP contribution in [0.5, 0.6) is 17.2 Å². The van der Waals surface area contributed by atoms with Crippen LogP contribution in [0.15, 0.2) is 12.1 Å². The molecule has 22 heavy (non-hydrogen) atoms. The summed E-state index contributed by atoms with van der Waals surface area (Å²) in [6.45, 7) is 5.14. The SMILES string of the molecule is COc1cc(CN2CCCC(C(C)N)C2)cc(OC)c1OC. The van der Waals surface area contributed by atoms with Gasteiger partial charge in [-0.3, -0.25) is 4.90 Å². The van der Waals surface area contributed by atoms with E-state index in [1.54, 1.807) is 21.3 Å². The molecule has 5 heteroatoms. The Morgan fingerprint density at radius 1 is 1.18 bits per heavy atom. The van der Waals surface area contributed by atoms with Crippen LogP contribution in [0.3, 0.4) is 0 Å². The normalized spacial score (nSPS) is 20.5. The first-order valence-electron chi connectivity index (χ1n) is 7.85. The number of nitrogens with zero attached hydrogens (tertiary/aromatic N) is 1. The van der Waals surface area contributed by atoms with Crippen molar-refractivity contribution >= 4 is 0 Å². The van der Waals surface area contributed by atoms with E-state index in [0.717, 1.165) is 19.6 Å². The number of hydrogen-bond acceptors (Lipinski definition) is 5. The first-order valence-corrected chi connectivity index (χ1v) is 7.85. The molecule has 0 aliphatic carbocycles. The Morgan fingerprint density at radius 3 is 2.32 bits per heavy atom. The Labute approximate surface area is 133 Å². The maximum atomic E-state index is 6.07. The largest absolute Gasteiger partial charge is 0.493 e. The fourth-order valence-electron chi connectivity index (χ4n) is 3.15. The standard InChI is InChI=1S/C17H28N2O3/c1-12(18)14-6-5-7-19(11-14)10-13-8-15(20-2)17(22-4)16(9-13)21-3/h8-9,12,14H,5-7,10-11,18H2,1-4H3. The lowest BCUT2D eigenvalue weighted by molar-refractivity contribution is 0.154. The van der Waals surface area contributed by atoms with Crippen molar-refractivity contribution in [3.63, 3.8) is 0 Å². The lowest BCUT2D eigenvalue weighted by atomic mass is 9.92. The first kappa shape index (κ1) is 16.9. The molecular weight excluding hydrogens is 280 g/mol. The maximum Gasteiger partial charge on any atom is 0.203 e. The molecule has 1 aliphatic heterocycles. The van der Waals surface area contributed by atoms with Crippen LogP contribution >= 0.6 is 0 Å². The highest BCUT2D eigenvalue weighted by molar-refractivity contribution is 5.53. The van der Waals surface area contributed by atoms with Crippen molar-refractivity contribution in [2.45, 2.75) is 32.4 Å². The molecule has 2 unspecified atom stereocenters. The van der Waals surface area contributed by atoms with Gasteiger partial charge in [0.1, 0.15) is 0 Å². The topological polar surface area (TPSA) is 57.0 Å². The van der Waals surface area contributed by atoms with E-state index < -0.39 is 0 Å². The van der Waals surface area contributed by atoms with Gasteiger partial charge in [0.2, 0.25) is 5.75 Å². The summed E-state index contributed by atoms with van der Waals surface area (Å²) in [5.41, 5.74) is 7.24. The molecule has 1 fully saturated rings. The molecule has 0 saturated carbocycles. The van der Waals surface area contributed by atoms with Gasteiger partial charge in [-0.15, -0.1) is 0 Å². The highest BCUT2D eigenvalue weighted by Crippen LogP contribution is 2.38. The third-order valence-corrected chi connectivity index (χ3v) is 4.42. The number of rotatable bonds is 6. The van der Waals surface area contributed by atoms with Gasteiger partial charge < -0.3 is 19.9 Å². The fourth-order valence-corrected chi connectivity index (χ4v) is 3.15. The molecule has 124 valence electrons. The van der Waals surface area contributed by atoms with Crippen LogP contribution in [-0.2, 0) is 6.54 Å². The monoisotopic (exact) mass is 308 g/mol. The minimum atomic E-state index is 0.253. The molecule has 1 saturated heterocycles. The van der Waals surface area contributed by atoms with Crippen molar-refractivity contribution in [3.8, 4) is 17.2 Å². The molecule has 2 rings (SSSR count). The Morgan fingerprint density at radius 2 is 1.82 bits per heavy atom. The molecule has 0 spiro atoms. The molecule has 0 aromatic heterocycles. The zero-order valence-corrected chi connectivity index (χ0v) is 14.1. The van der Waals surface area contributed by atoms with Crippen LogP contribution in [-0.4, -0.2) is 45.4 Å². The molecule has 5 nitrogen and oxygen atoms in total. The van der Waals surface area contributed by atoms with Crippen molar-refractivity contribution in [2.24, 2.45) is 11.7 Å². The van der Waals surface area contributed by atoms with E-state index in [1.807, 2.05) is 12.1 Å². The fraction of sp³-hybridized carbons (Fsp3) is 0.647. The van der Waals surface area contributed by atoms with Gasteiger partial charge in [-0.05, 0) is 49.9 Å². The highest BCUT2D eigenvalue weighted by atomic mass is 16.5. The minimum Gasteiger partial charge on any atom is -0.493 e. The summed E-state index contributed by atoms with van der Waals surface area (Å²) in [6, 6.07) is 4.30. The van der Waals surface area contributed by atoms with E-state index in [4.69, 9.17) is 19.9 Å². The van der Waals surface area contributed by atoms with Gasteiger partial charge in [0, 0.05) is 19.1 Å². The van der Waals surface area contributed by atoms with Gasteiger partial charge in [0.05, 0.1) is 21.3 Å². The third-order valence-electron chi connectivity index (χ3n) is 4.42. The van der Waals surface area contributed by atoms with E-state index in [-0.39, 0.29) is 6.04 Å². The lowest BCUT2D eigenvalue weighted by Gasteiger charge is -2.34. The third kappa shape index (κ3) is 3.84. The molecule has 0 radical (unpaired) electrons. The number of piperidine rings is 1. The van der Waals surface area contributed by atoms with E-state index >= 15 is 0 Å². The Kier molecular flexibility index (Phi) is 5.91. The second kappa shape index (κ2) is 7.70. The van der Waals surface area contributed by atoms with E-state index in [0.29, 0.717) is 23.2 Å². The van der Waals surface area contributed by atoms with E-state index in [1.165, 1.54) is 18.4 Å². The molecule has 0 bridgehead atoms. The highest BCUT2D eigenvalue weighted by Gasteiger charge is 2.23. The molecule has 2 atom stereocenters. The quantitative estimate of drug-likeness (QED) is 0.873. The number of benzene rings is 1. The van der Waals surface area contributed by atoms with Crippen LogP contribution in [0, 0.1) is 5.92 Å². The second-order valence-electron chi connectivity index (χ2n) is 6.03. The van der Waals surface area contributed by atoms with Crippen molar-refractivity contribution in [1.29, 1.82) is 0 Å². The minimum absolute atomic E-state index is 0.253. The van der Waals surface area contributed by atoms with Crippen molar-refractivity contribution < 1.29 is 14.2 Å². The maximum absolute atomic E-state index is 6.07. The van der Waals surface area contributed by atoms with E-state index in [2.05, 4.69) is 11.8 Å². The first-order chi connectivity index (χ1) is 10.6. The summed E-state index contributed by atoms with van der Waals surface area (Å²) < 4.78 is 16.2. The van der Waals surface area contributed by atoms with Crippen molar-refractivity contribution in [2.75, 3.05) is 34.4 Å². The summed E-state index contributed by atoms with van der Waals surface area (Å²) in [5, 5.41) is 0. The van der Waals surface area contributed by atoms with Gasteiger partial charge in [-0.25, -0.2) is 0 Å². The smallest absolute Gasteiger partial charge is 0.203 e. The Hall–Kier alpha value is -1.46. The van der Waals surface area contributed by atoms with Crippen LogP contribution in [0.4, 0.5) is 0 Å². The lowest BCUT2D eigenvalue weighted by Crippen LogP contribution is -2.41. The van der Waals surface area contributed by atoms with Gasteiger partial charge in [-0.2, -0.15) is 0 Å². The number of methoxy groups -OCH3 is 3. The van der Waals surface area contributed by atoms with E-state index in [9.17, 15) is 0 Å². The summed E-state index contributed by atoms with van der Waals surface area (Å²) in [5.74, 6) is 2.63. The summed E-state index contributed by atoms with van der Waals surface area (Å²) in [7, 11) is 4.92. The van der Waals surface area contributed by atoms with Crippen LogP contribution < -0.4 is 19.9 Å². The number of likely N-dealkylation sites (tertiary alicyclic amines) is 1.